The molecule has 1 aliphatic heterocycles. The SMILES string of the molecule is CCNC(=NCC1CCS(=O)(=O)C1)N(C)Cc1ccc(Cl)cc1.I. The molecular weight excluding hydrogens is 461 g/mol. The molecule has 5 nitrogen and oxygen atoms in total. The van der Waals surface area contributed by atoms with Gasteiger partial charge in [-0.15, -0.1) is 24.0 Å². The van der Waals surface area contributed by atoms with E-state index in [-0.39, 0.29) is 35.6 Å². The van der Waals surface area contributed by atoms with Crippen molar-refractivity contribution in [2.24, 2.45) is 10.9 Å². The van der Waals surface area contributed by atoms with Gasteiger partial charge in [0.05, 0.1) is 11.5 Å². The van der Waals surface area contributed by atoms with Gasteiger partial charge in [-0.3, -0.25) is 4.99 Å². The Kier molecular flexibility index (Phi) is 8.80. The van der Waals surface area contributed by atoms with Gasteiger partial charge in [-0.25, -0.2) is 8.42 Å². The minimum absolute atomic E-state index is 0. The van der Waals surface area contributed by atoms with Gasteiger partial charge in [0.2, 0.25) is 0 Å². The molecule has 0 radical (unpaired) electrons. The van der Waals surface area contributed by atoms with Gasteiger partial charge in [0.25, 0.3) is 0 Å². The summed E-state index contributed by atoms with van der Waals surface area (Å²) in [5, 5.41) is 3.98. The molecule has 1 fully saturated rings. The number of hydrogen-bond donors (Lipinski definition) is 1. The molecule has 0 saturated carbocycles. The third kappa shape index (κ3) is 6.76. The van der Waals surface area contributed by atoms with E-state index >= 15 is 0 Å². The normalized spacial score (nSPS) is 19.6. The quantitative estimate of drug-likeness (QED) is 0.396. The smallest absolute Gasteiger partial charge is 0.193 e. The first-order valence-electron chi connectivity index (χ1n) is 7.84. The molecule has 1 atom stereocenters. The van der Waals surface area contributed by atoms with Gasteiger partial charge in [-0.05, 0) is 37.0 Å². The third-order valence-corrected chi connectivity index (χ3v) is 5.94. The van der Waals surface area contributed by atoms with Crippen LogP contribution in [0.2, 0.25) is 5.02 Å². The zero-order chi connectivity index (χ0) is 16.9. The first-order valence-corrected chi connectivity index (χ1v) is 10.0. The molecule has 2 rings (SSSR count). The average Bonchev–Trinajstić information content (AvgIpc) is 2.85. The van der Waals surface area contributed by atoms with Gasteiger partial charge >= 0.3 is 0 Å². The summed E-state index contributed by atoms with van der Waals surface area (Å²) in [6.45, 7) is 4.05. The van der Waals surface area contributed by atoms with Crippen LogP contribution in [0.25, 0.3) is 0 Å². The van der Waals surface area contributed by atoms with Crippen LogP contribution in [0.1, 0.15) is 18.9 Å². The lowest BCUT2D eigenvalue weighted by atomic mass is 10.1. The molecule has 1 N–H and O–H groups in total. The van der Waals surface area contributed by atoms with Gasteiger partial charge in [0.15, 0.2) is 15.8 Å². The molecule has 1 unspecified atom stereocenters. The van der Waals surface area contributed by atoms with Crippen molar-refractivity contribution < 1.29 is 8.42 Å². The predicted octanol–water partition coefficient (Wildman–Crippen LogP) is 2.79. The highest BCUT2D eigenvalue weighted by molar-refractivity contribution is 14.0. The fourth-order valence-electron chi connectivity index (χ4n) is 2.64. The lowest BCUT2D eigenvalue weighted by Crippen LogP contribution is -2.38. The number of nitrogens with one attached hydrogen (secondary N) is 1. The molecule has 24 heavy (non-hydrogen) atoms. The Balaban J connectivity index is 0.00000288. The van der Waals surface area contributed by atoms with Crippen molar-refractivity contribution in [2.75, 3.05) is 31.6 Å². The van der Waals surface area contributed by atoms with Crippen molar-refractivity contribution >= 4 is 51.4 Å². The summed E-state index contributed by atoms with van der Waals surface area (Å²) in [5.41, 5.74) is 1.14. The van der Waals surface area contributed by atoms with Crippen molar-refractivity contribution in [3.63, 3.8) is 0 Å². The molecule has 1 aromatic rings. The van der Waals surface area contributed by atoms with Crippen LogP contribution < -0.4 is 5.32 Å². The predicted molar refractivity (Wildman–Crippen MR) is 111 cm³/mol. The number of aliphatic imine (C=N–C) groups is 1. The van der Waals surface area contributed by atoms with Crippen molar-refractivity contribution in [2.45, 2.75) is 19.9 Å². The number of hydrogen-bond acceptors (Lipinski definition) is 3. The Labute approximate surface area is 166 Å². The Morgan fingerprint density at radius 2 is 2.04 bits per heavy atom. The van der Waals surface area contributed by atoms with E-state index in [2.05, 4.69) is 10.3 Å². The topological polar surface area (TPSA) is 61.8 Å². The lowest BCUT2D eigenvalue weighted by Gasteiger charge is -2.22. The summed E-state index contributed by atoms with van der Waals surface area (Å²) in [5.74, 6) is 1.49. The van der Waals surface area contributed by atoms with Gasteiger partial charge < -0.3 is 10.2 Å². The van der Waals surface area contributed by atoms with Crippen molar-refractivity contribution in [3.8, 4) is 0 Å². The summed E-state index contributed by atoms with van der Waals surface area (Å²) in [7, 11) is -0.871. The van der Waals surface area contributed by atoms with E-state index in [0.717, 1.165) is 23.1 Å². The maximum atomic E-state index is 11.5. The molecular formula is C16H25ClIN3O2S. The van der Waals surface area contributed by atoms with Crippen LogP contribution in [0.5, 0.6) is 0 Å². The summed E-state index contributed by atoms with van der Waals surface area (Å²) in [6.07, 6.45) is 0.714. The van der Waals surface area contributed by atoms with E-state index in [1.165, 1.54) is 0 Å². The highest BCUT2D eigenvalue weighted by Gasteiger charge is 2.27. The number of halogens is 2. The maximum absolute atomic E-state index is 11.5. The first kappa shape index (κ1) is 21.5. The monoisotopic (exact) mass is 485 g/mol. The summed E-state index contributed by atoms with van der Waals surface area (Å²) < 4.78 is 23.1. The largest absolute Gasteiger partial charge is 0.357 e. The van der Waals surface area contributed by atoms with Crippen LogP contribution in [-0.2, 0) is 16.4 Å². The van der Waals surface area contributed by atoms with Crippen molar-refractivity contribution in [1.82, 2.24) is 10.2 Å². The third-order valence-electron chi connectivity index (χ3n) is 3.86. The van der Waals surface area contributed by atoms with Gasteiger partial charge in [-0.1, -0.05) is 23.7 Å². The highest BCUT2D eigenvalue weighted by Crippen LogP contribution is 2.18. The zero-order valence-electron chi connectivity index (χ0n) is 14.0. The first-order chi connectivity index (χ1) is 10.9. The number of sulfone groups is 1. The molecule has 1 saturated heterocycles. The zero-order valence-corrected chi connectivity index (χ0v) is 17.9. The summed E-state index contributed by atoms with van der Waals surface area (Å²) >= 11 is 5.91. The van der Waals surface area contributed by atoms with E-state index in [9.17, 15) is 8.42 Å². The van der Waals surface area contributed by atoms with Gasteiger partial charge in [-0.2, -0.15) is 0 Å². The Morgan fingerprint density at radius 1 is 1.38 bits per heavy atom. The Bertz CT molecular complexity index is 650. The minimum atomic E-state index is -2.84. The van der Waals surface area contributed by atoms with Gasteiger partial charge in [0.1, 0.15) is 0 Å². The van der Waals surface area contributed by atoms with E-state index in [1.807, 2.05) is 43.1 Å². The molecule has 1 aromatic carbocycles. The average molecular weight is 486 g/mol. The number of guanidine groups is 1. The van der Waals surface area contributed by atoms with E-state index in [0.29, 0.717) is 25.3 Å². The Hall–Kier alpha value is -0.540. The van der Waals surface area contributed by atoms with Crippen LogP contribution in [0.3, 0.4) is 0 Å². The second-order valence-corrected chi connectivity index (χ2v) is 8.61. The Morgan fingerprint density at radius 3 is 2.58 bits per heavy atom. The molecule has 0 spiro atoms. The molecule has 1 aliphatic rings. The molecule has 136 valence electrons. The van der Waals surface area contributed by atoms with Gasteiger partial charge in [0, 0.05) is 31.7 Å². The molecule has 1 heterocycles. The van der Waals surface area contributed by atoms with E-state index in [4.69, 9.17) is 11.6 Å². The molecule has 0 bridgehead atoms. The standard InChI is InChI=1S/C16H24ClN3O2S.HI/c1-3-18-16(19-10-14-8-9-23(21,22)12-14)20(2)11-13-4-6-15(17)7-5-13;/h4-7,14H,3,8-12H2,1-2H3,(H,18,19);1H. The minimum Gasteiger partial charge on any atom is -0.357 e. The van der Waals surface area contributed by atoms with Crippen LogP contribution in [0, 0.1) is 5.92 Å². The van der Waals surface area contributed by atoms with Crippen molar-refractivity contribution in [1.29, 1.82) is 0 Å². The van der Waals surface area contributed by atoms with E-state index in [1.54, 1.807) is 0 Å². The lowest BCUT2D eigenvalue weighted by molar-refractivity contribution is 0.472. The summed E-state index contributed by atoms with van der Waals surface area (Å²) in [6, 6.07) is 7.73. The second-order valence-electron chi connectivity index (χ2n) is 5.95. The molecule has 0 aliphatic carbocycles. The molecule has 0 amide bonds. The highest BCUT2D eigenvalue weighted by atomic mass is 127. The van der Waals surface area contributed by atoms with Crippen LogP contribution in [-0.4, -0.2) is 50.9 Å². The summed E-state index contributed by atoms with van der Waals surface area (Å²) in [4.78, 5) is 6.65. The second kappa shape index (κ2) is 9.82. The fourth-order valence-corrected chi connectivity index (χ4v) is 4.62. The van der Waals surface area contributed by atoms with Crippen LogP contribution in [0.15, 0.2) is 29.3 Å². The molecule has 8 heteroatoms. The number of nitrogens with zero attached hydrogens (tertiary/aromatic N) is 2. The fraction of sp³-hybridized carbons (Fsp3) is 0.562. The number of benzene rings is 1. The van der Waals surface area contributed by atoms with Crippen LogP contribution in [0.4, 0.5) is 0 Å². The van der Waals surface area contributed by atoms with Crippen LogP contribution >= 0.6 is 35.6 Å². The number of rotatable bonds is 5. The maximum Gasteiger partial charge on any atom is 0.193 e. The van der Waals surface area contributed by atoms with E-state index < -0.39 is 9.84 Å². The molecule has 0 aromatic heterocycles. The van der Waals surface area contributed by atoms with Crippen molar-refractivity contribution in [3.05, 3.63) is 34.9 Å².